The molecule has 4 rings (SSSR count). The fourth-order valence-corrected chi connectivity index (χ4v) is 4.39. The van der Waals surface area contributed by atoms with Gasteiger partial charge in [0.25, 0.3) is 0 Å². The molecule has 2 aliphatic rings. The molecule has 0 spiro atoms. The Morgan fingerprint density at radius 3 is 2.20 bits per heavy atom. The molecule has 0 amide bonds. The normalized spacial score (nSPS) is 17.4. The minimum Gasteiger partial charge on any atom is -0.397 e. The lowest BCUT2D eigenvalue weighted by Gasteiger charge is -2.35. The maximum atomic E-state index is 13.5. The molecule has 1 N–H and O–H groups in total. The quantitative estimate of drug-likeness (QED) is 0.793. The number of benzene rings is 1. The summed E-state index contributed by atoms with van der Waals surface area (Å²) in [6.45, 7) is 9.53. The zero-order valence-corrected chi connectivity index (χ0v) is 18.5. The lowest BCUT2D eigenvalue weighted by Crippen LogP contribution is -2.46. The Morgan fingerprint density at radius 1 is 0.933 bits per heavy atom. The van der Waals surface area contributed by atoms with E-state index in [2.05, 4.69) is 22.8 Å². The Labute approximate surface area is 180 Å². The SMILES string of the molecule is CCN1CCN(c2cc(-c3ccc(F)cc3)c3c(n2)CCCCCC3)CC1.CCO. The standard InChI is InChI=1S/C23H30FN3.C2H6O/c1-2-26-13-15-27(16-14-26)23-17-21(18-9-11-19(24)12-10-18)20-7-5-3-4-6-8-22(20)25-23;1-2-3/h9-12,17H,2-8,13-16H2,1H3;3H,2H2,1H3. The number of anilines is 1. The van der Waals surface area contributed by atoms with Gasteiger partial charge in [-0.05, 0) is 74.0 Å². The van der Waals surface area contributed by atoms with Gasteiger partial charge in [-0.15, -0.1) is 0 Å². The van der Waals surface area contributed by atoms with Crippen molar-refractivity contribution in [3.05, 3.63) is 47.4 Å². The van der Waals surface area contributed by atoms with E-state index >= 15 is 0 Å². The van der Waals surface area contributed by atoms with Gasteiger partial charge < -0.3 is 14.9 Å². The number of fused-ring (bicyclic) bond motifs is 1. The molecule has 1 aromatic carbocycles. The summed E-state index contributed by atoms with van der Waals surface area (Å²) >= 11 is 0. The van der Waals surface area contributed by atoms with Crippen LogP contribution < -0.4 is 4.90 Å². The molecule has 1 aliphatic carbocycles. The molecule has 0 saturated carbocycles. The Morgan fingerprint density at radius 2 is 1.57 bits per heavy atom. The smallest absolute Gasteiger partial charge is 0.129 e. The highest BCUT2D eigenvalue weighted by Gasteiger charge is 2.21. The summed E-state index contributed by atoms with van der Waals surface area (Å²) in [6, 6.07) is 9.25. The number of aryl methyl sites for hydroxylation is 1. The van der Waals surface area contributed by atoms with Gasteiger partial charge in [0.05, 0.1) is 0 Å². The van der Waals surface area contributed by atoms with Gasteiger partial charge in [-0.25, -0.2) is 9.37 Å². The van der Waals surface area contributed by atoms with Gasteiger partial charge in [0.1, 0.15) is 11.6 Å². The van der Waals surface area contributed by atoms with Crippen LogP contribution in [0.3, 0.4) is 0 Å². The van der Waals surface area contributed by atoms with Crippen molar-refractivity contribution in [1.29, 1.82) is 0 Å². The van der Waals surface area contributed by atoms with E-state index in [0.29, 0.717) is 0 Å². The first-order valence-corrected chi connectivity index (χ1v) is 11.5. The minimum absolute atomic E-state index is 0.174. The maximum Gasteiger partial charge on any atom is 0.129 e. The average Bonchev–Trinajstić information content (AvgIpc) is 2.75. The third kappa shape index (κ3) is 5.79. The highest BCUT2D eigenvalue weighted by atomic mass is 19.1. The van der Waals surface area contributed by atoms with Crippen LogP contribution in [0.25, 0.3) is 11.1 Å². The summed E-state index contributed by atoms with van der Waals surface area (Å²) in [5, 5.41) is 7.57. The maximum absolute atomic E-state index is 13.5. The second-order valence-corrected chi connectivity index (χ2v) is 8.11. The van der Waals surface area contributed by atoms with E-state index in [-0.39, 0.29) is 12.4 Å². The zero-order valence-electron chi connectivity index (χ0n) is 18.5. The topological polar surface area (TPSA) is 39.6 Å². The highest BCUT2D eigenvalue weighted by Crippen LogP contribution is 2.33. The summed E-state index contributed by atoms with van der Waals surface area (Å²) in [5.74, 6) is 0.927. The second kappa shape index (κ2) is 11.4. The Bertz CT molecular complexity index is 786. The molecule has 4 nitrogen and oxygen atoms in total. The van der Waals surface area contributed by atoms with E-state index in [1.165, 1.54) is 42.5 Å². The lowest BCUT2D eigenvalue weighted by molar-refractivity contribution is 0.270. The minimum atomic E-state index is -0.174. The van der Waals surface area contributed by atoms with Crippen LogP contribution in [0.5, 0.6) is 0 Å². The van der Waals surface area contributed by atoms with E-state index in [9.17, 15) is 4.39 Å². The number of hydrogen-bond acceptors (Lipinski definition) is 4. The van der Waals surface area contributed by atoms with Crippen molar-refractivity contribution < 1.29 is 9.50 Å². The Hall–Kier alpha value is -1.98. The van der Waals surface area contributed by atoms with Crippen LogP contribution in [-0.4, -0.2) is 54.3 Å². The van der Waals surface area contributed by atoms with Gasteiger partial charge in [0.15, 0.2) is 0 Å². The van der Waals surface area contributed by atoms with Crippen molar-refractivity contribution >= 4 is 5.82 Å². The number of piperazine rings is 1. The molecule has 2 heterocycles. The van der Waals surface area contributed by atoms with E-state index in [0.717, 1.165) is 56.9 Å². The van der Waals surface area contributed by atoms with Crippen LogP contribution in [0.1, 0.15) is 50.8 Å². The summed E-state index contributed by atoms with van der Waals surface area (Å²) in [4.78, 5) is 10.0. The molecule has 0 unspecified atom stereocenters. The molecule has 164 valence electrons. The van der Waals surface area contributed by atoms with Crippen LogP contribution >= 0.6 is 0 Å². The molecule has 0 radical (unpaired) electrons. The van der Waals surface area contributed by atoms with Gasteiger partial charge >= 0.3 is 0 Å². The number of likely N-dealkylation sites (N-methyl/N-ethyl adjacent to an activating group) is 1. The largest absolute Gasteiger partial charge is 0.397 e. The average molecular weight is 414 g/mol. The number of aromatic nitrogens is 1. The van der Waals surface area contributed by atoms with Crippen molar-refractivity contribution in [2.24, 2.45) is 0 Å². The first-order chi connectivity index (χ1) is 14.7. The fraction of sp³-hybridized carbons (Fsp3) is 0.560. The molecular formula is C25H36FN3O. The van der Waals surface area contributed by atoms with Crippen molar-refractivity contribution in [3.8, 4) is 11.1 Å². The van der Waals surface area contributed by atoms with Crippen LogP contribution in [0.15, 0.2) is 30.3 Å². The molecule has 30 heavy (non-hydrogen) atoms. The number of hydrogen-bond donors (Lipinski definition) is 1. The number of aliphatic hydroxyl groups excluding tert-OH is 1. The van der Waals surface area contributed by atoms with Crippen molar-refractivity contribution in [2.45, 2.75) is 52.4 Å². The summed E-state index contributed by atoms with van der Waals surface area (Å²) in [5.41, 5.74) is 5.03. The molecule has 0 bridgehead atoms. The van der Waals surface area contributed by atoms with E-state index in [1.54, 1.807) is 19.1 Å². The predicted molar refractivity (Wildman–Crippen MR) is 123 cm³/mol. The van der Waals surface area contributed by atoms with Crippen molar-refractivity contribution in [3.63, 3.8) is 0 Å². The number of pyridine rings is 1. The number of halogens is 1. The molecular weight excluding hydrogens is 377 g/mol. The van der Waals surface area contributed by atoms with Gasteiger partial charge in [-0.3, -0.25) is 0 Å². The Balaban J connectivity index is 0.000000806. The first-order valence-electron chi connectivity index (χ1n) is 11.5. The zero-order chi connectivity index (χ0) is 21.3. The summed E-state index contributed by atoms with van der Waals surface area (Å²) in [7, 11) is 0. The Kier molecular flexibility index (Phi) is 8.64. The van der Waals surface area contributed by atoms with Gasteiger partial charge in [-0.1, -0.05) is 31.9 Å². The molecule has 1 aromatic heterocycles. The van der Waals surface area contributed by atoms with Gasteiger partial charge in [0, 0.05) is 38.5 Å². The van der Waals surface area contributed by atoms with Crippen LogP contribution in [0.2, 0.25) is 0 Å². The van der Waals surface area contributed by atoms with Crippen molar-refractivity contribution in [2.75, 3.05) is 44.2 Å². The van der Waals surface area contributed by atoms with E-state index < -0.39 is 0 Å². The molecule has 2 aromatic rings. The molecule has 5 heteroatoms. The highest BCUT2D eigenvalue weighted by molar-refractivity contribution is 5.72. The summed E-state index contributed by atoms with van der Waals surface area (Å²) < 4.78 is 13.5. The molecule has 1 saturated heterocycles. The molecule has 1 aliphatic heterocycles. The van der Waals surface area contributed by atoms with Gasteiger partial charge in [0.2, 0.25) is 0 Å². The van der Waals surface area contributed by atoms with E-state index in [4.69, 9.17) is 10.1 Å². The van der Waals surface area contributed by atoms with Crippen molar-refractivity contribution in [1.82, 2.24) is 9.88 Å². The number of aliphatic hydroxyl groups is 1. The molecule has 0 atom stereocenters. The number of nitrogens with zero attached hydrogens (tertiary/aromatic N) is 3. The van der Waals surface area contributed by atoms with Crippen LogP contribution in [0.4, 0.5) is 10.2 Å². The van der Waals surface area contributed by atoms with Gasteiger partial charge in [-0.2, -0.15) is 0 Å². The number of rotatable bonds is 3. The second-order valence-electron chi connectivity index (χ2n) is 8.11. The van der Waals surface area contributed by atoms with Crippen LogP contribution in [0, 0.1) is 5.82 Å². The monoisotopic (exact) mass is 413 g/mol. The predicted octanol–water partition coefficient (Wildman–Crippen LogP) is 4.69. The molecule has 1 fully saturated rings. The first kappa shape index (κ1) is 22.7. The third-order valence-corrected chi connectivity index (χ3v) is 6.09. The third-order valence-electron chi connectivity index (χ3n) is 6.09. The summed E-state index contributed by atoms with van der Waals surface area (Å²) in [6.07, 6.45) is 7.17. The van der Waals surface area contributed by atoms with Crippen LogP contribution in [-0.2, 0) is 12.8 Å². The lowest BCUT2D eigenvalue weighted by atomic mass is 9.90. The van der Waals surface area contributed by atoms with E-state index in [1.807, 2.05) is 12.1 Å². The fourth-order valence-electron chi connectivity index (χ4n) is 4.39.